The van der Waals surface area contributed by atoms with Crippen molar-refractivity contribution in [2.24, 2.45) is 0 Å². The molecule has 0 aromatic carbocycles. The van der Waals surface area contributed by atoms with Crippen molar-refractivity contribution in [3.05, 3.63) is 6.92 Å². The third-order valence-electron chi connectivity index (χ3n) is 0.896. The van der Waals surface area contributed by atoms with Crippen LogP contribution in [0.1, 0.15) is 6.42 Å². The van der Waals surface area contributed by atoms with Gasteiger partial charge in [0.15, 0.2) is 0 Å². The lowest BCUT2D eigenvalue weighted by molar-refractivity contribution is 0.0343. The number of hydrogen-bond acceptors (Lipinski definition) is 3. The van der Waals surface area contributed by atoms with E-state index in [4.69, 9.17) is 14.6 Å². The van der Waals surface area contributed by atoms with Crippen LogP contribution in [0.15, 0.2) is 0 Å². The summed E-state index contributed by atoms with van der Waals surface area (Å²) in [5.41, 5.74) is 0. The molecule has 0 unspecified atom stereocenters. The van der Waals surface area contributed by atoms with E-state index in [1.165, 1.54) is 0 Å². The SMILES string of the molecule is [CH2]CCOCCOCCO. The fourth-order valence-corrected chi connectivity index (χ4v) is 0.489. The second-order valence-electron chi connectivity index (χ2n) is 1.80. The standard InChI is InChI=1S/C7H15O3/c1-2-4-9-6-7-10-5-3-8/h8H,1-7H2. The molecule has 3 heteroatoms. The molecule has 0 aromatic heterocycles. The van der Waals surface area contributed by atoms with E-state index in [0.29, 0.717) is 26.4 Å². The number of aliphatic hydroxyl groups is 1. The van der Waals surface area contributed by atoms with Crippen LogP contribution >= 0.6 is 0 Å². The van der Waals surface area contributed by atoms with Crippen molar-refractivity contribution in [1.29, 1.82) is 0 Å². The zero-order valence-electron chi connectivity index (χ0n) is 6.21. The summed E-state index contributed by atoms with van der Waals surface area (Å²) in [6.07, 6.45) is 0.792. The highest BCUT2D eigenvalue weighted by atomic mass is 16.5. The molecule has 0 amide bonds. The first-order valence-electron chi connectivity index (χ1n) is 3.47. The molecule has 0 atom stereocenters. The maximum atomic E-state index is 8.29. The average molecular weight is 147 g/mol. The Hall–Kier alpha value is -0.120. The maximum absolute atomic E-state index is 8.29. The van der Waals surface area contributed by atoms with Crippen molar-refractivity contribution in [3.8, 4) is 0 Å². The summed E-state index contributed by atoms with van der Waals surface area (Å²) in [7, 11) is 0. The molecule has 3 nitrogen and oxygen atoms in total. The quantitative estimate of drug-likeness (QED) is 0.524. The van der Waals surface area contributed by atoms with E-state index >= 15 is 0 Å². The Labute approximate surface area is 62.0 Å². The molecular formula is C7H15O3. The highest BCUT2D eigenvalue weighted by molar-refractivity contribution is 4.36. The molecule has 0 aromatic rings. The molecule has 0 saturated carbocycles. The molecule has 0 aliphatic heterocycles. The highest BCUT2D eigenvalue weighted by Gasteiger charge is 1.86. The Bertz CT molecular complexity index is 48.8. The van der Waals surface area contributed by atoms with Gasteiger partial charge in [-0.15, -0.1) is 0 Å². The molecule has 10 heavy (non-hydrogen) atoms. The van der Waals surface area contributed by atoms with Crippen LogP contribution in [0.4, 0.5) is 0 Å². The predicted molar refractivity (Wildman–Crippen MR) is 38.7 cm³/mol. The lowest BCUT2D eigenvalue weighted by atomic mass is 10.5. The first-order chi connectivity index (χ1) is 4.91. The molecule has 0 spiro atoms. The Balaban J connectivity index is 2.65. The fraction of sp³-hybridized carbons (Fsp3) is 0.857. The van der Waals surface area contributed by atoms with Crippen LogP contribution in [0.3, 0.4) is 0 Å². The smallest absolute Gasteiger partial charge is 0.0701 e. The first kappa shape index (κ1) is 9.88. The van der Waals surface area contributed by atoms with Crippen LogP contribution in [0.2, 0.25) is 0 Å². The predicted octanol–water partition coefficient (Wildman–Crippen LogP) is 0.236. The van der Waals surface area contributed by atoms with Crippen LogP contribution in [-0.2, 0) is 9.47 Å². The minimum Gasteiger partial charge on any atom is -0.394 e. The van der Waals surface area contributed by atoms with Gasteiger partial charge < -0.3 is 14.6 Å². The van der Waals surface area contributed by atoms with Crippen molar-refractivity contribution in [3.63, 3.8) is 0 Å². The number of rotatable bonds is 7. The lowest BCUT2D eigenvalue weighted by Crippen LogP contribution is -2.07. The van der Waals surface area contributed by atoms with E-state index in [1.807, 2.05) is 0 Å². The Kier molecular flexibility index (Phi) is 8.77. The summed E-state index contributed by atoms with van der Waals surface area (Å²) >= 11 is 0. The van der Waals surface area contributed by atoms with Crippen LogP contribution in [0.25, 0.3) is 0 Å². The lowest BCUT2D eigenvalue weighted by Gasteiger charge is -2.01. The summed E-state index contributed by atoms with van der Waals surface area (Å²) in [5, 5.41) is 8.29. The molecule has 0 bridgehead atoms. The van der Waals surface area contributed by atoms with Gasteiger partial charge in [-0.05, 0) is 6.42 Å². The van der Waals surface area contributed by atoms with Gasteiger partial charge in [-0.1, -0.05) is 6.92 Å². The van der Waals surface area contributed by atoms with E-state index < -0.39 is 0 Å². The minimum absolute atomic E-state index is 0.0787. The highest BCUT2D eigenvalue weighted by Crippen LogP contribution is 1.80. The molecule has 0 aliphatic rings. The van der Waals surface area contributed by atoms with Crippen LogP contribution in [-0.4, -0.2) is 38.1 Å². The maximum Gasteiger partial charge on any atom is 0.0701 e. The summed E-state index contributed by atoms with van der Waals surface area (Å²) in [6.45, 7) is 5.92. The molecule has 1 radical (unpaired) electrons. The number of ether oxygens (including phenoxy) is 2. The Morgan fingerprint density at radius 3 is 2.10 bits per heavy atom. The van der Waals surface area contributed by atoms with Gasteiger partial charge >= 0.3 is 0 Å². The van der Waals surface area contributed by atoms with Crippen molar-refractivity contribution < 1.29 is 14.6 Å². The van der Waals surface area contributed by atoms with E-state index in [1.54, 1.807) is 0 Å². The van der Waals surface area contributed by atoms with Gasteiger partial charge in [0.2, 0.25) is 0 Å². The summed E-state index contributed by atoms with van der Waals surface area (Å²) in [4.78, 5) is 0. The van der Waals surface area contributed by atoms with Gasteiger partial charge in [0.1, 0.15) is 0 Å². The zero-order valence-corrected chi connectivity index (χ0v) is 6.21. The molecule has 0 fully saturated rings. The molecule has 1 N–H and O–H groups in total. The third-order valence-corrected chi connectivity index (χ3v) is 0.896. The van der Waals surface area contributed by atoms with Gasteiger partial charge in [0.05, 0.1) is 26.4 Å². The fourth-order valence-electron chi connectivity index (χ4n) is 0.489. The van der Waals surface area contributed by atoms with Crippen molar-refractivity contribution in [2.45, 2.75) is 6.42 Å². The monoisotopic (exact) mass is 147 g/mol. The van der Waals surface area contributed by atoms with E-state index in [2.05, 4.69) is 6.92 Å². The number of hydrogen-bond donors (Lipinski definition) is 1. The van der Waals surface area contributed by atoms with E-state index in [0.717, 1.165) is 6.42 Å². The first-order valence-corrected chi connectivity index (χ1v) is 3.47. The summed E-state index contributed by atoms with van der Waals surface area (Å²) < 4.78 is 9.99. The molecule has 61 valence electrons. The summed E-state index contributed by atoms with van der Waals surface area (Å²) in [6, 6.07) is 0. The second kappa shape index (κ2) is 8.88. The zero-order chi connectivity index (χ0) is 7.66. The summed E-state index contributed by atoms with van der Waals surface area (Å²) in [5.74, 6) is 0. The van der Waals surface area contributed by atoms with Crippen LogP contribution in [0, 0.1) is 6.92 Å². The van der Waals surface area contributed by atoms with E-state index in [9.17, 15) is 0 Å². The van der Waals surface area contributed by atoms with E-state index in [-0.39, 0.29) is 6.61 Å². The molecule has 0 rings (SSSR count). The van der Waals surface area contributed by atoms with Gasteiger partial charge in [0.25, 0.3) is 0 Å². The minimum atomic E-state index is 0.0787. The number of aliphatic hydroxyl groups excluding tert-OH is 1. The Morgan fingerprint density at radius 2 is 1.60 bits per heavy atom. The molecule has 0 saturated heterocycles. The molecule has 0 heterocycles. The van der Waals surface area contributed by atoms with Crippen LogP contribution in [0.5, 0.6) is 0 Å². The van der Waals surface area contributed by atoms with Gasteiger partial charge in [-0.25, -0.2) is 0 Å². The van der Waals surface area contributed by atoms with Gasteiger partial charge in [-0.2, -0.15) is 0 Å². The molecule has 0 aliphatic carbocycles. The molecular weight excluding hydrogens is 132 g/mol. The Morgan fingerprint density at radius 1 is 1.00 bits per heavy atom. The van der Waals surface area contributed by atoms with Crippen molar-refractivity contribution in [2.75, 3.05) is 33.0 Å². The van der Waals surface area contributed by atoms with Crippen molar-refractivity contribution >= 4 is 0 Å². The average Bonchev–Trinajstić information content (AvgIpc) is 1.97. The van der Waals surface area contributed by atoms with Gasteiger partial charge in [-0.3, -0.25) is 0 Å². The van der Waals surface area contributed by atoms with Gasteiger partial charge in [0, 0.05) is 6.61 Å². The largest absolute Gasteiger partial charge is 0.394 e. The second-order valence-corrected chi connectivity index (χ2v) is 1.80. The third kappa shape index (κ3) is 7.88. The van der Waals surface area contributed by atoms with Crippen molar-refractivity contribution in [1.82, 2.24) is 0 Å². The topological polar surface area (TPSA) is 38.7 Å². The van der Waals surface area contributed by atoms with Crippen LogP contribution < -0.4 is 0 Å². The normalized spacial score (nSPS) is 10.2.